The van der Waals surface area contributed by atoms with Crippen molar-refractivity contribution in [3.05, 3.63) is 0 Å². The lowest BCUT2D eigenvalue weighted by Crippen LogP contribution is -2.15. The van der Waals surface area contributed by atoms with Crippen LogP contribution in [0, 0.1) is 5.41 Å². The molecule has 0 aromatic carbocycles. The smallest absolute Gasteiger partial charge is 0.0697 e. The summed E-state index contributed by atoms with van der Waals surface area (Å²) < 4.78 is 5.21. The summed E-state index contributed by atoms with van der Waals surface area (Å²) in [4.78, 5) is 0. The molecule has 0 amide bonds. The molecule has 0 bridgehead atoms. The van der Waals surface area contributed by atoms with E-state index in [4.69, 9.17) is 9.84 Å². The Hall–Kier alpha value is -0.0800. The van der Waals surface area contributed by atoms with E-state index in [1.165, 1.54) is 12.8 Å². The summed E-state index contributed by atoms with van der Waals surface area (Å²) in [5.41, 5.74) is 0.393. The standard InChI is InChI=1S/C10H22O2/c1-4-5-10(2,3)6-8-12-9-7-11/h11H,4-9H2,1-3H3. The molecule has 0 saturated heterocycles. The van der Waals surface area contributed by atoms with Gasteiger partial charge in [0.2, 0.25) is 0 Å². The second-order valence-electron chi connectivity index (χ2n) is 4.00. The molecule has 2 nitrogen and oxygen atoms in total. The third-order valence-corrected chi connectivity index (χ3v) is 2.09. The van der Waals surface area contributed by atoms with Crippen LogP contribution in [0.4, 0.5) is 0 Å². The number of hydrogen-bond acceptors (Lipinski definition) is 2. The minimum atomic E-state index is 0.133. The van der Waals surface area contributed by atoms with Gasteiger partial charge >= 0.3 is 0 Å². The SMILES string of the molecule is CCCC(C)(C)CCOCCO. The zero-order valence-corrected chi connectivity index (χ0v) is 8.60. The minimum absolute atomic E-state index is 0.133. The summed E-state index contributed by atoms with van der Waals surface area (Å²) in [5.74, 6) is 0. The summed E-state index contributed by atoms with van der Waals surface area (Å²) in [5, 5.41) is 8.47. The number of aliphatic hydroxyl groups is 1. The van der Waals surface area contributed by atoms with Crippen molar-refractivity contribution in [2.75, 3.05) is 19.8 Å². The Morgan fingerprint density at radius 2 is 1.83 bits per heavy atom. The highest BCUT2D eigenvalue weighted by Gasteiger charge is 2.15. The van der Waals surface area contributed by atoms with E-state index in [9.17, 15) is 0 Å². The number of aliphatic hydroxyl groups excluding tert-OH is 1. The van der Waals surface area contributed by atoms with Gasteiger partial charge in [0.1, 0.15) is 0 Å². The topological polar surface area (TPSA) is 29.5 Å². The molecular weight excluding hydrogens is 152 g/mol. The van der Waals surface area contributed by atoms with Crippen molar-refractivity contribution in [1.29, 1.82) is 0 Å². The molecule has 0 aromatic rings. The quantitative estimate of drug-likeness (QED) is 0.600. The van der Waals surface area contributed by atoms with Gasteiger partial charge in [-0.3, -0.25) is 0 Å². The van der Waals surface area contributed by atoms with Gasteiger partial charge in [-0.1, -0.05) is 27.2 Å². The van der Waals surface area contributed by atoms with Crippen molar-refractivity contribution in [3.63, 3.8) is 0 Å². The van der Waals surface area contributed by atoms with Gasteiger partial charge in [-0.15, -0.1) is 0 Å². The van der Waals surface area contributed by atoms with E-state index >= 15 is 0 Å². The van der Waals surface area contributed by atoms with Crippen molar-refractivity contribution >= 4 is 0 Å². The molecule has 0 unspecified atom stereocenters. The van der Waals surface area contributed by atoms with Crippen molar-refractivity contribution in [3.8, 4) is 0 Å². The molecule has 0 aromatic heterocycles. The third-order valence-electron chi connectivity index (χ3n) is 2.09. The zero-order valence-electron chi connectivity index (χ0n) is 8.60. The molecule has 0 radical (unpaired) electrons. The average Bonchev–Trinajstić information content (AvgIpc) is 1.98. The molecule has 0 aliphatic carbocycles. The predicted molar refractivity (Wildman–Crippen MR) is 51.2 cm³/mol. The molecule has 0 spiro atoms. The molecule has 0 saturated carbocycles. The molecule has 0 rings (SSSR count). The molecule has 0 atom stereocenters. The average molecular weight is 174 g/mol. The van der Waals surface area contributed by atoms with Crippen LogP contribution in [0.1, 0.15) is 40.0 Å². The monoisotopic (exact) mass is 174 g/mol. The first-order chi connectivity index (χ1) is 5.62. The van der Waals surface area contributed by atoms with E-state index < -0.39 is 0 Å². The molecule has 12 heavy (non-hydrogen) atoms. The first-order valence-corrected chi connectivity index (χ1v) is 4.81. The maximum atomic E-state index is 8.47. The fourth-order valence-electron chi connectivity index (χ4n) is 1.32. The number of hydrogen-bond donors (Lipinski definition) is 1. The van der Waals surface area contributed by atoms with Crippen molar-refractivity contribution in [2.45, 2.75) is 40.0 Å². The fraction of sp³-hybridized carbons (Fsp3) is 1.00. The molecule has 0 heterocycles. The van der Waals surface area contributed by atoms with Gasteiger partial charge in [0.05, 0.1) is 13.2 Å². The Bertz CT molecular complexity index is 100. The summed E-state index contributed by atoms with van der Waals surface area (Å²) in [6.45, 7) is 8.11. The van der Waals surface area contributed by atoms with Crippen LogP contribution in [0.2, 0.25) is 0 Å². The predicted octanol–water partition coefficient (Wildman–Crippen LogP) is 2.21. The Labute approximate surface area is 75.9 Å². The number of rotatable bonds is 7. The maximum absolute atomic E-state index is 8.47. The third kappa shape index (κ3) is 6.62. The normalized spacial score (nSPS) is 12.0. The highest BCUT2D eigenvalue weighted by molar-refractivity contribution is 4.66. The van der Waals surface area contributed by atoms with Gasteiger partial charge in [-0.2, -0.15) is 0 Å². The Balaban J connectivity index is 3.33. The van der Waals surface area contributed by atoms with E-state index in [0.29, 0.717) is 12.0 Å². The lowest BCUT2D eigenvalue weighted by Gasteiger charge is -2.23. The Kier molecular flexibility index (Phi) is 6.39. The molecule has 2 heteroatoms. The second kappa shape index (κ2) is 6.44. The lowest BCUT2D eigenvalue weighted by molar-refractivity contribution is 0.0708. The van der Waals surface area contributed by atoms with Crippen LogP contribution in [0.25, 0.3) is 0 Å². The Morgan fingerprint density at radius 1 is 1.17 bits per heavy atom. The fourth-order valence-corrected chi connectivity index (χ4v) is 1.32. The summed E-state index contributed by atoms with van der Waals surface area (Å²) in [6, 6.07) is 0. The van der Waals surface area contributed by atoms with Crippen molar-refractivity contribution < 1.29 is 9.84 Å². The largest absolute Gasteiger partial charge is 0.394 e. The van der Waals surface area contributed by atoms with Gasteiger partial charge in [-0.05, 0) is 18.3 Å². The molecule has 74 valence electrons. The molecule has 1 N–H and O–H groups in total. The summed E-state index contributed by atoms with van der Waals surface area (Å²) in [6.07, 6.45) is 3.56. The molecule has 0 fully saturated rings. The van der Waals surface area contributed by atoms with Crippen LogP contribution < -0.4 is 0 Å². The van der Waals surface area contributed by atoms with Gasteiger partial charge in [-0.25, -0.2) is 0 Å². The molecule has 0 aliphatic rings. The zero-order chi connectivity index (χ0) is 9.45. The highest BCUT2D eigenvalue weighted by atomic mass is 16.5. The van der Waals surface area contributed by atoms with E-state index in [1.807, 2.05) is 0 Å². The lowest BCUT2D eigenvalue weighted by atomic mass is 9.85. The van der Waals surface area contributed by atoms with Crippen molar-refractivity contribution in [2.24, 2.45) is 5.41 Å². The van der Waals surface area contributed by atoms with E-state index in [0.717, 1.165) is 13.0 Å². The van der Waals surface area contributed by atoms with Crippen molar-refractivity contribution in [1.82, 2.24) is 0 Å². The van der Waals surface area contributed by atoms with Crippen LogP contribution in [0.3, 0.4) is 0 Å². The van der Waals surface area contributed by atoms with E-state index in [1.54, 1.807) is 0 Å². The number of ether oxygens (including phenoxy) is 1. The van der Waals surface area contributed by atoms with Crippen LogP contribution in [0.5, 0.6) is 0 Å². The van der Waals surface area contributed by atoms with Crippen LogP contribution in [-0.4, -0.2) is 24.9 Å². The molecule has 0 aliphatic heterocycles. The minimum Gasteiger partial charge on any atom is -0.394 e. The van der Waals surface area contributed by atoms with E-state index in [-0.39, 0.29) is 6.61 Å². The van der Waals surface area contributed by atoms with Gasteiger partial charge in [0.15, 0.2) is 0 Å². The Morgan fingerprint density at radius 3 is 2.33 bits per heavy atom. The van der Waals surface area contributed by atoms with Gasteiger partial charge in [0, 0.05) is 6.61 Å². The molecular formula is C10H22O2. The van der Waals surface area contributed by atoms with Crippen LogP contribution >= 0.6 is 0 Å². The van der Waals surface area contributed by atoms with Crippen LogP contribution in [0.15, 0.2) is 0 Å². The second-order valence-corrected chi connectivity index (χ2v) is 4.00. The summed E-state index contributed by atoms with van der Waals surface area (Å²) >= 11 is 0. The maximum Gasteiger partial charge on any atom is 0.0697 e. The van der Waals surface area contributed by atoms with Gasteiger partial charge in [0.25, 0.3) is 0 Å². The highest BCUT2D eigenvalue weighted by Crippen LogP contribution is 2.26. The van der Waals surface area contributed by atoms with Crippen LogP contribution in [-0.2, 0) is 4.74 Å². The first-order valence-electron chi connectivity index (χ1n) is 4.81. The summed E-state index contributed by atoms with van der Waals surface area (Å²) in [7, 11) is 0. The van der Waals surface area contributed by atoms with E-state index in [2.05, 4.69) is 20.8 Å². The van der Waals surface area contributed by atoms with Gasteiger partial charge < -0.3 is 9.84 Å². The first kappa shape index (κ1) is 11.9.